The van der Waals surface area contributed by atoms with E-state index in [0.29, 0.717) is 12.1 Å². The molecular formula is C12H16F2N2. The van der Waals surface area contributed by atoms with Crippen LogP contribution in [0.25, 0.3) is 0 Å². The number of benzene rings is 1. The van der Waals surface area contributed by atoms with Crippen LogP contribution >= 0.6 is 0 Å². The second kappa shape index (κ2) is 4.89. The Hall–Kier alpha value is -1.00. The summed E-state index contributed by atoms with van der Waals surface area (Å²) in [4.78, 5) is 2.12. The third kappa shape index (κ3) is 2.08. The summed E-state index contributed by atoms with van der Waals surface area (Å²) in [5.41, 5.74) is 6.05. The van der Waals surface area contributed by atoms with Crippen LogP contribution in [0.4, 0.5) is 8.78 Å². The van der Waals surface area contributed by atoms with Gasteiger partial charge in [-0.15, -0.1) is 0 Å². The van der Waals surface area contributed by atoms with Crippen LogP contribution in [0.3, 0.4) is 0 Å². The third-order valence-electron chi connectivity index (χ3n) is 3.15. The maximum absolute atomic E-state index is 13.6. The number of nitrogens with zero attached hydrogens (tertiary/aromatic N) is 1. The zero-order valence-electron chi connectivity index (χ0n) is 9.13. The van der Waals surface area contributed by atoms with Gasteiger partial charge in [0.1, 0.15) is 0 Å². The Morgan fingerprint density at radius 2 is 1.94 bits per heavy atom. The average molecular weight is 226 g/mol. The summed E-state index contributed by atoms with van der Waals surface area (Å²) in [5, 5.41) is 0. The van der Waals surface area contributed by atoms with Gasteiger partial charge in [0.15, 0.2) is 11.6 Å². The largest absolute Gasteiger partial charge is 0.329 e. The van der Waals surface area contributed by atoms with E-state index in [9.17, 15) is 8.78 Å². The molecule has 1 fully saturated rings. The van der Waals surface area contributed by atoms with Crippen molar-refractivity contribution in [3.8, 4) is 0 Å². The van der Waals surface area contributed by atoms with Crippen LogP contribution < -0.4 is 5.73 Å². The Morgan fingerprint density at radius 3 is 2.56 bits per heavy atom. The molecule has 1 heterocycles. The first-order valence-corrected chi connectivity index (χ1v) is 5.62. The monoisotopic (exact) mass is 226 g/mol. The van der Waals surface area contributed by atoms with Gasteiger partial charge in [-0.1, -0.05) is 12.1 Å². The van der Waals surface area contributed by atoms with Crippen molar-refractivity contribution in [2.24, 2.45) is 5.73 Å². The van der Waals surface area contributed by atoms with Crippen molar-refractivity contribution in [3.05, 3.63) is 35.4 Å². The number of likely N-dealkylation sites (tertiary alicyclic amines) is 1. The van der Waals surface area contributed by atoms with E-state index in [0.717, 1.165) is 32.0 Å². The number of hydrogen-bond donors (Lipinski definition) is 1. The number of halogens is 2. The lowest BCUT2D eigenvalue weighted by molar-refractivity contribution is 0.244. The molecular weight excluding hydrogens is 210 g/mol. The minimum Gasteiger partial charge on any atom is -0.329 e. The van der Waals surface area contributed by atoms with Gasteiger partial charge in [-0.2, -0.15) is 0 Å². The van der Waals surface area contributed by atoms with Crippen LogP contribution in [0.2, 0.25) is 0 Å². The predicted molar refractivity (Wildman–Crippen MR) is 59.0 cm³/mol. The van der Waals surface area contributed by atoms with E-state index in [1.807, 2.05) is 0 Å². The van der Waals surface area contributed by atoms with Gasteiger partial charge in [-0.05, 0) is 32.0 Å². The summed E-state index contributed by atoms with van der Waals surface area (Å²) >= 11 is 0. The van der Waals surface area contributed by atoms with Gasteiger partial charge in [-0.3, -0.25) is 4.90 Å². The summed E-state index contributed by atoms with van der Waals surface area (Å²) in [6.45, 7) is 2.15. The number of nitrogens with two attached hydrogens (primary N) is 1. The first-order valence-electron chi connectivity index (χ1n) is 5.62. The van der Waals surface area contributed by atoms with Crippen molar-refractivity contribution in [1.82, 2.24) is 4.90 Å². The maximum Gasteiger partial charge on any atom is 0.163 e. The summed E-state index contributed by atoms with van der Waals surface area (Å²) in [5.74, 6) is -1.56. The normalized spacial score (nSPS) is 18.9. The Balaban J connectivity index is 2.28. The van der Waals surface area contributed by atoms with Crippen LogP contribution in [0.1, 0.15) is 24.4 Å². The Labute approximate surface area is 94.0 Å². The summed E-state index contributed by atoms with van der Waals surface area (Å²) in [6.07, 6.45) is 2.21. The molecule has 16 heavy (non-hydrogen) atoms. The minimum absolute atomic E-state index is 0.196. The first kappa shape index (κ1) is 11.5. The molecule has 0 bridgehead atoms. The molecule has 0 aromatic heterocycles. The van der Waals surface area contributed by atoms with E-state index in [-0.39, 0.29) is 6.04 Å². The van der Waals surface area contributed by atoms with Crippen LogP contribution in [0, 0.1) is 11.6 Å². The number of hydrogen-bond acceptors (Lipinski definition) is 2. The highest BCUT2D eigenvalue weighted by atomic mass is 19.2. The van der Waals surface area contributed by atoms with Gasteiger partial charge < -0.3 is 5.73 Å². The lowest BCUT2D eigenvalue weighted by Crippen LogP contribution is -2.32. The van der Waals surface area contributed by atoms with E-state index in [1.165, 1.54) is 6.07 Å². The molecule has 1 aromatic rings. The van der Waals surface area contributed by atoms with E-state index in [2.05, 4.69) is 4.90 Å². The molecule has 88 valence electrons. The van der Waals surface area contributed by atoms with Crippen molar-refractivity contribution in [1.29, 1.82) is 0 Å². The highest BCUT2D eigenvalue weighted by Gasteiger charge is 2.25. The molecule has 4 heteroatoms. The third-order valence-corrected chi connectivity index (χ3v) is 3.15. The zero-order chi connectivity index (χ0) is 11.5. The van der Waals surface area contributed by atoms with Crippen LogP contribution in [0.15, 0.2) is 18.2 Å². The lowest BCUT2D eigenvalue weighted by atomic mass is 10.0. The fourth-order valence-electron chi connectivity index (χ4n) is 2.30. The van der Waals surface area contributed by atoms with E-state index in [4.69, 9.17) is 5.73 Å². The molecule has 0 aliphatic carbocycles. The molecule has 1 saturated heterocycles. The van der Waals surface area contributed by atoms with Gasteiger partial charge in [0.05, 0.1) is 6.04 Å². The first-order chi connectivity index (χ1) is 7.74. The summed E-state index contributed by atoms with van der Waals surface area (Å²) in [7, 11) is 0. The SMILES string of the molecule is NCC(c1cccc(F)c1F)N1CCCC1. The van der Waals surface area contributed by atoms with Crippen molar-refractivity contribution < 1.29 is 8.78 Å². The lowest BCUT2D eigenvalue weighted by Gasteiger charge is -2.26. The molecule has 2 nitrogen and oxygen atoms in total. The van der Waals surface area contributed by atoms with E-state index < -0.39 is 11.6 Å². The molecule has 1 aromatic carbocycles. The molecule has 1 unspecified atom stereocenters. The molecule has 2 N–H and O–H groups in total. The highest BCUT2D eigenvalue weighted by molar-refractivity contribution is 5.23. The summed E-state index contributed by atoms with van der Waals surface area (Å²) < 4.78 is 26.8. The molecule has 0 saturated carbocycles. The predicted octanol–water partition coefficient (Wildman–Crippen LogP) is 2.06. The van der Waals surface area contributed by atoms with Gasteiger partial charge in [-0.25, -0.2) is 8.78 Å². The molecule has 1 atom stereocenters. The zero-order valence-corrected chi connectivity index (χ0v) is 9.13. The van der Waals surface area contributed by atoms with Crippen molar-refractivity contribution >= 4 is 0 Å². The fraction of sp³-hybridized carbons (Fsp3) is 0.500. The van der Waals surface area contributed by atoms with Gasteiger partial charge >= 0.3 is 0 Å². The number of rotatable bonds is 3. The van der Waals surface area contributed by atoms with Crippen LogP contribution in [-0.4, -0.2) is 24.5 Å². The molecule has 0 spiro atoms. The topological polar surface area (TPSA) is 29.3 Å². The molecule has 2 rings (SSSR count). The van der Waals surface area contributed by atoms with E-state index in [1.54, 1.807) is 6.07 Å². The van der Waals surface area contributed by atoms with Crippen molar-refractivity contribution in [3.63, 3.8) is 0 Å². The second-order valence-corrected chi connectivity index (χ2v) is 4.14. The molecule has 0 amide bonds. The van der Waals surface area contributed by atoms with Crippen LogP contribution in [-0.2, 0) is 0 Å². The quantitative estimate of drug-likeness (QED) is 0.854. The second-order valence-electron chi connectivity index (χ2n) is 4.14. The highest BCUT2D eigenvalue weighted by Crippen LogP contribution is 2.26. The maximum atomic E-state index is 13.6. The summed E-state index contributed by atoms with van der Waals surface area (Å²) in [6, 6.07) is 4.09. The molecule has 1 aliphatic heterocycles. The van der Waals surface area contributed by atoms with Gasteiger partial charge in [0.25, 0.3) is 0 Å². The Kier molecular flexibility index (Phi) is 3.51. The minimum atomic E-state index is -0.796. The van der Waals surface area contributed by atoms with Crippen molar-refractivity contribution in [2.45, 2.75) is 18.9 Å². The molecule has 1 aliphatic rings. The Morgan fingerprint density at radius 1 is 1.25 bits per heavy atom. The molecule has 0 radical (unpaired) electrons. The van der Waals surface area contributed by atoms with E-state index >= 15 is 0 Å². The smallest absolute Gasteiger partial charge is 0.163 e. The Bertz CT molecular complexity index is 362. The standard InChI is InChI=1S/C12H16F2N2/c13-10-5-3-4-9(12(10)14)11(8-15)16-6-1-2-7-16/h3-5,11H,1-2,6-8,15H2. The van der Waals surface area contributed by atoms with Crippen LogP contribution in [0.5, 0.6) is 0 Å². The fourth-order valence-corrected chi connectivity index (χ4v) is 2.30. The van der Waals surface area contributed by atoms with Crippen molar-refractivity contribution in [2.75, 3.05) is 19.6 Å². The van der Waals surface area contributed by atoms with Gasteiger partial charge in [0, 0.05) is 12.1 Å². The average Bonchev–Trinajstić information content (AvgIpc) is 2.79. The van der Waals surface area contributed by atoms with Gasteiger partial charge in [0.2, 0.25) is 0 Å².